The van der Waals surface area contributed by atoms with Crippen LogP contribution in [0.15, 0.2) is 23.1 Å². The summed E-state index contributed by atoms with van der Waals surface area (Å²) in [4.78, 5) is 12.1. The van der Waals surface area contributed by atoms with Crippen molar-refractivity contribution in [3.63, 3.8) is 0 Å². The molecule has 0 radical (unpaired) electrons. The summed E-state index contributed by atoms with van der Waals surface area (Å²) < 4.78 is 27.2. The molecule has 0 fully saturated rings. The molecule has 0 aliphatic carbocycles. The Kier molecular flexibility index (Phi) is 5.72. The van der Waals surface area contributed by atoms with Crippen molar-refractivity contribution >= 4 is 15.9 Å². The molecule has 6 nitrogen and oxygen atoms in total. The van der Waals surface area contributed by atoms with Gasteiger partial charge >= 0.3 is 0 Å². The molecule has 0 saturated heterocycles. The largest absolute Gasteiger partial charge is 0.392 e. The number of aliphatic hydroxyl groups is 1. The molecule has 0 spiro atoms. The van der Waals surface area contributed by atoms with Crippen molar-refractivity contribution < 1.29 is 18.3 Å². The lowest BCUT2D eigenvalue weighted by Crippen LogP contribution is -2.40. The molecule has 22 heavy (non-hydrogen) atoms. The summed E-state index contributed by atoms with van der Waals surface area (Å²) in [7, 11) is -3.70. The Morgan fingerprint density at radius 3 is 2.41 bits per heavy atom. The van der Waals surface area contributed by atoms with Crippen molar-refractivity contribution in [2.45, 2.75) is 51.2 Å². The number of aryl methyl sites for hydroxylation is 1. The lowest BCUT2D eigenvalue weighted by atomic mass is 10.1. The number of sulfonamides is 1. The fourth-order valence-corrected chi connectivity index (χ4v) is 3.25. The minimum Gasteiger partial charge on any atom is -0.392 e. The van der Waals surface area contributed by atoms with Crippen LogP contribution < -0.4 is 10.0 Å². The highest BCUT2D eigenvalue weighted by Gasteiger charge is 2.23. The van der Waals surface area contributed by atoms with Crippen LogP contribution in [0, 0.1) is 6.92 Å². The van der Waals surface area contributed by atoms with Crippen LogP contribution in [0.5, 0.6) is 0 Å². The van der Waals surface area contributed by atoms with Crippen LogP contribution in [0.4, 0.5) is 0 Å². The molecular weight excluding hydrogens is 304 g/mol. The van der Waals surface area contributed by atoms with Gasteiger partial charge in [-0.25, -0.2) is 13.1 Å². The Morgan fingerprint density at radius 2 is 1.91 bits per heavy atom. The van der Waals surface area contributed by atoms with E-state index in [1.165, 1.54) is 12.1 Å². The van der Waals surface area contributed by atoms with Crippen molar-refractivity contribution in [3.05, 3.63) is 29.3 Å². The maximum absolute atomic E-state index is 12.3. The Bertz CT molecular complexity index is 646. The zero-order valence-corrected chi connectivity index (χ0v) is 14.4. The predicted octanol–water partition coefficient (Wildman–Crippen LogP) is 1.18. The number of amides is 1. The Hall–Kier alpha value is -1.44. The highest BCUT2D eigenvalue weighted by Crippen LogP contribution is 2.17. The minimum atomic E-state index is -3.70. The maximum Gasteiger partial charge on any atom is 0.251 e. The third kappa shape index (κ3) is 5.40. The first-order valence-corrected chi connectivity index (χ1v) is 8.51. The summed E-state index contributed by atoms with van der Waals surface area (Å²) in [6.45, 7) is 8.63. The quantitative estimate of drug-likeness (QED) is 0.756. The monoisotopic (exact) mass is 328 g/mol. The van der Waals surface area contributed by atoms with Crippen LogP contribution in [0.1, 0.15) is 43.6 Å². The number of hydrogen-bond acceptors (Lipinski definition) is 4. The van der Waals surface area contributed by atoms with E-state index in [9.17, 15) is 18.3 Å². The van der Waals surface area contributed by atoms with Crippen molar-refractivity contribution in [1.82, 2.24) is 10.0 Å². The molecule has 0 saturated carbocycles. The molecule has 7 heteroatoms. The summed E-state index contributed by atoms with van der Waals surface area (Å²) in [5.41, 5.74) is 0.327. The van der Waals surface area contributed by atoms with Gasteiger partial charge in [0.2, 0.25) is 10.0 Å². The van der Waals surface area contributed by atoms with E-state index in [0.29, 0.717) is 5.56 Å². The third-order valence-corrected chi connectivity index (χ3v) is 4.52. The smallest absolute Gasteiger partial charge is 0.251 e. The molecule has 1 amide bonds. The van der Waals surface area contributed by atoms with Crippen molar-refractivity contribution in [2.75, 3.05) is 6.54 Å². The van der Waals surface area contributed by atoms with Crippen molar-refractivity contribution in [1.29, 1.82) is 0 Å². The van der Waals surface area contributed by atoms with E-state index in [2.05, 4.69) is 10.0 Å². The fourth-order valence-electron chi connectivity index (χ4n) is 1.81. The van der Waals surface area contributed by atoms with Crippen LogP contribution in [0.2, 0.25) is 0 Å². The number of carbonyl (C=O) groups is 1. The first-order valence-electron chi connectivity index (χ1n) is 7.03. The molecule has 3 N–H and O–H groups in total. The number of aliphatic hydroxyl groups excluding tert-OH is 1. The van der Waals surface area contributed by atoms with E-state index in [4.69, 9.17) is 0 Å². The summed E-state index contributed by atoms with van der Waals surface area (Å²) in [6.07, 6.45) is -0.668. The Balaban J connectivity index is 3.11. The van der Waals surface area contributed by atoms with E-state index >= 15 is 0 Å². The topological polar surface area (TPSA) is 95.5 Å². The number of benzene rings is 1. The SMILES string of the molecule is Cc1ccc(S(=O)(=O)NC(C)(C)C)cc1C(=O)NCC(C)O. The summed E-state index contributed by atoms with van der Waals surface area (Å²) in [6, 6.07) is 4.41. The molecule has 0 heterocycles. The Labute approximate surface area is 132 Å². The average Bonchev–Trinajstić information content (AvgIpc) is 2.33. The van der Waals surface area contributed by atoms with E-state index in [1.807, 2.05) is 0 Å². The number of rotatable bonds is 5. The third-order valence-electron chi connectivity index (χ3n) is 2.76. The van der Waals surface area contributed by atoms with Gasteiger partial charge in [-0.05, 0) is 52.3 Å². The second-order valence-corrected chi connectivity index (χ2v) is 8.07. The van der Waals surface area contributed by atoms with Gasteiger partial charge in [-0.3, -0.25) is 4.79 Å². The maximum atomic E-state index is 12.3. The van der Waals surface area contributed by atoms with Gasteiger partial charge < -0.3 is 10.4 Å². The summed E-state index contributed by atoms with van der Waals surface area (Å²) >= 11 is 0. The van der Waals surface area contributed by atoms with Gasteiger partial charge in [-0.15, -0.1) is 0 Å². The molecule has 124 valence electrons. The molecule has 1 aromatic rings. The molecule has 1 rings (SSSR count). The molecule has 1 aromatic carbocycles. The lowest BCUT2D eigenvalue weighted by Gasteiger charge is -2.20. The zero-order chi connectivity index (χ0) is 17.1. The predicted molar refractivity (Wildman–Crippen MR) is 85.3 cm³/mol. The highest BCUT2D eigenvalue weighted by atomic mass is 32.2. The van der Waals surface area contributed by atoms with Crippen LogP contribution in [0.25, 0.3) is 0 Å². The standard InChI is InChI=1S/C15H24N2O4S/c1-10-6-7-12(22(20,21)17-15(3,4)5)8-13(10)14(19)16-9-11(2)18/h6-8,11,17-18H,9H2,1-5H3,(H,16,19). The summed E-state index contributed by atoms with van der Waals surface area (Å²) in [5.74, 6) is -0.411. The summed E-state index contributed by atoms with van der Waals surface area (Å²) in [5, 5.41) is 11.8. The average molecular weight is 328 g/mol. The van der Waals surface area contributed by atoms with Gasteiger partial charge in [0, 0.05) is 17.6 Å². The first-order chi connectivity index (χ1) is 9.92. The highest BCUT2D eigenvalue weighted by molar-refractivity contribution is 7.89. The van der Waals surface area contributed by atoms with Crippen molar-refractivity contribution in [3.8, 4) is 0 Å². The second kappa shape index (κ2) is 6.76. The molecule has 1 unspecified atom stereocenters. The van der Waals surface area contributed by atoms with Crippen LogP contribution in [0.3, 0.4) is 0 Å². The second-order valence-electron chi connectivity index (χ2n) is 6.39. The van der Waals surface area contributed by atoms with Gasteiger partial charge in [0.25, 0.3) is 5.91 Å². The number of hydrogen-bond donors (Lipinski definition) is 3. The number of nitrogens with one attached hydrogen (secondary N) is 2. The van der Waals surface area contributed by atoms with E-state index in [0.717, 1.165) is 0 Å². The molecule has 0 aliphatic heterocycles. The molecule has 0 aliphatic rings. The van der Waals surface area contributed by atoms with Gasteiger partial charge in [0.05, 0.1) is 11.0 Å². The van der Waals surface area contributed by atoms with Gasteiger partial charge in [-0.1, -0.05) is 6.07 Å². The van der Waals surface area contributed by atoms with Gasteiger partial charge in [0.1, 0.15) is 0 Å². The lowest BCUT2D eigenvalue weighted by molar-refractivity contribution is 0.0923. The molecule has 1 atom stereocenters. The van der Waals surface area contributed by atoms with Crippen molar-refractivity contribution in [2.24, 2.45) is 0 Å². The number of carbonyl (C=O) groups excluding carboxylic acids is 1. The van der Waals surface area contributed by atoms with Crippen LogP contribution in [-0.2, 0) is 10.0 Å². The van der Waals surface area contributed by atoms with Crippen LogP contribution >= 0.6 is 0 Å². The van der Waals surface area contributed by atoms with Gasteiger partial charge in [-0.2, -0.15) is 0 Å². The minimum absolute atomic E-state index is 0.0372. The molecule has 0 bridgehead atoms. The zero-order valence-electron chi connectivity index (χ0n) is 13.6. The Morgan fingerprint density at radius 1 is 1.32 bits per heavy atom. The van der Waals surface area contributed by atoms with Gasteiger partial charge in [0.15, 0.2) is 0 Å². The van der Waals surface area contributed by atoms with E-state index in [1.54, 1.807) is 40.7 Å². The van der Waals surface area contributed by atoms with Crippen LogP contribution in [-0.4, -0.2) is 37.6 Å². The normalized spacial score (nSPS) is 13.7. The van der Waals surface area contributed by atoms with E-state index in [-0.39, 0.29) is 17.0 Å². The van der Waals surface area contributed by atoms with E-state index < -0.39 is 27.6 Å². The molecular formula is C15H24N2O4S. The molecule has 0 aromatic heterocycles. The first kappa shape index (κ1) is 18.6. The fraction of sp³-hybridized carbons (Fsp3) is 0.533.